The molecular weight excluding hydrogens is 332 g/mol. The number of likely N-dealkylation sites (tertiary alicyclic amines) is 1. The van der Waals surface area contributed by atoms with Crippen molar-refractivity contribution in [2.75, 3.05) is 26.2 Å². The Balaban J connectivity index is 1.80. The minimum atomic E-state index is -0.499. The first-order valence-electron chi connectivity index (χ1n) is 9.33. The summed E-state index contributed by atoms with van der Waals surface area (Å²) in [7, 11) is 0. The number of nitrogens with one attached hydrogen (secondary N) is 2. The Morgan fingerprint density at radius 2 is 1.85 bits per heavy atom. The van der Waals surface area contributed by atoms with E-state index in [2.05, 4.69) is 5.32 Å². The van der Waals surface area contributed by atoms with E-state index < -0.39 is 6.04 Å². The van der Waals surface area contributed by atoms with Gasteiger partial charge in [0, 0.05) is 12.8 Å². The maximum atomic E-state index is 12.4. The Kier molecular flexibility index (Phi) is 7.78. The van der Waals surface area contributed by atoms with Gasteiger partial charge in [-0.2, -0.15) is 0 Å². The summed E-state index contributed by atoms with van der Waals surface area (Å²) in [5.74, 6) is -0.343. The van der Waals surface area contributed by atoms with Crippen molar-refractivity contribution in [3.63, 3.8) is 0 Å². The Morgan fingerprint density at radius 3 is 2.42 bits per heavy atom. The zero-order valence-electron chi connectivity index (χ0n) is 15.6. The van der Waals surface area contributed by atoms with Crippen molar-refractivity contribution in [3.05, 3.63) is 35.9 Å². The molecule has 1 aliphatic heterocycles. The number of hydrogen-bond donors (Lipinski definition) is 2. The van der Waals surface area contributed by atoms with E-state index in [1.807, 2.05) is 37.3 Å². The van der Waals surface area contributed by atoms with Gasteiger partial charge >= 0.3 is 5.97 Å². The molecule has 0 unspecified atom stereocenters. The summed E-state index contributed by atoms with van der Waals surface area (Å²) in [6, 6.07) is 9.18. The SMILES string of the molecule is CCOC(=O)C1CC[NH+](CC(=O)N[C@H](Cc2ccccc2)C(C)=O)CC1. The number of hydrogen-bond acceptors (Lipinski definition) is 4. The van der Waals surface area contributed by atoms with Crippen molar-refractivity contribution in [2.45, 2.75) is 39.2 Å². The highest BCUT2D eigenvalue weighted by atomic mass is 16.5. The maximum Gasteiger partial charge on any atom is 0.309 e. The number of amides is 1. The van der Waals surface area contributed by atoms with Crippen molar-refractivity contribution < 1.29 is 24.0 Å². The molecule has 1 aliphatic rings. The highest BCUT2D eigenvalue weighted by Gasteiger charge is 2.30. The van der Waals surface area contributed by atoms with Crippen LogP contribution in [0, 0.1) is 5.92 Å². The van der Waals surface area contributed by atoms with Gasteiger partial charge in [0.1, 0.15) is 0 Å². The van der Waals surface area contributed by atoms with Gasteiger partial charge in [-0.25, -0.2) is 0 Å². The predicted octanol–water partition coefficient (Wildman–Crippen LogP) is 0.161. The largest absolute Gasteiger partial charge is 0.466 e. The summed E-state index contributed by atoms with van der Waals surface area (Å²) in [6.45, 7) is 5.58. The highest BCUT2D eigenvalue weighted by molar-refractivity contribution is 5.88. The lowest BCUT2D eigenvalue weighted by Crippen LogP contribution is -3.14. The van der Waals surface area contributed by atoms with Gasteiger partial charge in [-0.3, -0.25) is 14.4 Å². The van der Waals surface area contributed by atoms with Crippen LogP contribution in [0.3, 0.4) is 0 Å². The summed E-state index contributed by atoms with van der Waals surface area (Å²) < 4.78 is 5.07. The minimum absolute atomic E-state index is 0.0433. The smallest absolute Gasteiger partial charge is 0.309 e. The number of esters is 1. The van der Waals surface area contributed by atoms with Gasteiger partial charge in [-0.15, -0.1) is 0 Å². The quantitative estimate of drug-likeness (QED) is 0.647. The molecule has 0 aliphatic carbocycles. The number of carbonyl (C=O) groups is 3. The number of ketones is 1. The monoisotopic (exact) mass is 361 g/mol. The molecule has 2 N–H and O–H groups in total. The predicted molar refractivity (Wildman–Crippen MR) is 97.7 cm³/mol. The number of carbonyl (C=O) groups excluding carboxylic acids is 3. The van der Waals surface area contributed by atoms with Crippen LogP contribution in [0.4, 0.5) is 0 Å². The van der Waals surface area contributed by atoms with E-state index in [-0.39, 0.29) is 23.6 Å². The normalized spacial score (nSPS) is 20.8. The summed E-state index contributed by atoms with van der Waals surface area (Å²) >= 11 is 0. The van der Waals surface area contributed by atoms with Crippen molar-refractivity contribution >= 4 is 17.7 Å². The van der Waals surface area contributed by atoms with Crippen LogP contribution in [0.1, 0.15) is 32.3 Å². The molecule has 0 spiro atoms. The van der Waals surface area contributed by atoms with Crippen LogP contribution in [0.5, 0.6) is 0 Å². The molecule has 0 aromatic heterocycles. The summed E-state index contributed by atoms with van der Waals surface area (Å²) in [5, 5.41) is 2.87. The molecule has 6 nitrogen and oxygen atoms in total. The van der Waals surface area contributed by atoms with Crippen molar-refractivity contribution in [1.29, 1.82) is 0 Å². The first-order chi connectivity index (χ1) is 12.5. The zero-order chi connectivity index (χ0) is 18.9. The summed E-state index contributed by atoms with van der Waals surface area (Å²) in [6.07, 6.45) is 1.98. The number of ether oxygens (including phenoxy) is 1. The number of piperidine rings is 1. The van der Waals surface area contributed by atoms with E-state index in [0.29, 0.717) is 19.6 Å². The molecule has 26 heavy (non-hydrogen) atoms. The van der Waals surface area contributed by atoms with E-state index in [4.69, 9.17) is 4.74 Å². The Morgan fingerprint density at radius 1 is 1.19 bits per heavy atom. The second kappa shape index (κ2) is 10.1. The number of benzene rings is 1. The van der Waals surface area contributed by atoms with Crippen molar-refractivity contribution in [1.82, 2.24) is 5.32 Å². The average molecular weight is 361 g/mol. The molecule has 1 aromatic rings. The van der Waals surface area contributed by atoms with Crippen LogP contribution in [0.25, 0.3) is 0 Å². The molecule has 142 valence electrons. The number of rotatable bonds is 8. The molecule has 1 aromatic carbocycles. The fourth-order valence-electron chi connectivity index (χ4n) is 3.32. The number of quaternary nitrogens is 1. The minimum Gasteiger partial charge on any atom is -0.466 e. The van der Waals surface area contributed by atoms with E-state index in [1.54, 1.807) is 0 Å². The van der Waals surface area contributed by atoms with Gasteiger partial charge in [0.25, 0.3) is 5.91 Å². The fraction of sp³-hybridized carbons (Fsp3) is 0.550. The number of Topliss-reactive ketones (excluding diaryl/α,β-unsaturated/α-hetero) is 1. The molecule has 2 rings (SSSR count). The van der Waals surface area contributed by atoms with Gasteiger partial charge in [-0.1, -0.05) is 30.3 Å². The topological polar surface area (TPSA) is 76.9 Å². The Bertz CT molecular complexity index is 609. The van der Waals surface area contributed by atoms with Gasteiger partial charge < -0.3 is 15.0 Å². The molecule has 0 bridgehead atoms. The summed E-state index contributed by atoms with van der Waals surface area (Å²) in [4.78, 5) is 37.2. The molecule has 6 heteroatoms. The first-order valence-corrected chi connectivity index (χ1v) is 9.33. The van der Waals surface area contributed by atoms with Crippen LogP contribution >= 0.6 is 0 Å². The third-order valence-electron chi connectivity index (χ3n) is 4.83. The van der Waals surface area contributed by atoms with E-state index in [0.717, 1.165) is 36.4 Å². The van der Waals surface area contributed by atoms with Crippen LogP contribution in [-0.2, 0) is 25.5 Å². The standard InChI is InChI=1S/C20H28N2O4/c1-3-26-20(25)17-9-11-22(12-10-17)14-19(24)21-18(15(2)23)13-16-7-5-4-6-8-16/h4-8,17-18H,3,9-14H2,1-2H3,(H,21,24)/p+1/t18-/m1/s1. The molecule has 0 saturated carbocycles. The molecule has 1 heterocycles. The summed E-state index contributed by atoms with van der Waals surface area (Å²) in [5.41, 5.74) is 1.02. The highest BCUT2D eigenvalue weighted by Crippen LogP contribution is 2.11. The Labute approximate surface area is 154 Å². The molecule has 0 radical (unpaired) electrons. The molecule has 1 saturated heterocycles. The lowest BCUT2D eigenvalue weighted by Gasteiger charge is -2.28. The average Bonchev–Trinajstić information content (AvgIpc) is 2.62. The van der Waals surface area contributed by atoms with Gasteiger partial charge in [0.05, 0.1) is 31.7 Å². The zero-order valence-corrected chi connectivity index (χ0v) is 15.6. The van der Waals surface area contributed by atoms with Crippen LogP contribution in [0.15, 0.2) is 30.3 Å². The second-order valence-electron chi connectivity index (χ2n) is 6.87. The van der Waals surface area contributed by atoms with Gasteiger partial charge in [-0.05, 0) is 25.8 Å². The van der Waals surface area contributed by atoms with Crippen LogP contribution in [0.2, 0.25) is 0 Å². The molecule has 1 fully saturated rings. The molecule has 1 amide bonds. The maximum absolute atomic E-state index is 12.4. The first kappa shape index (κ1) is 20.1. The van der Waals surface area contributed by atoms with E-state index in [1.165, 1.54) is 6.92 Å². The van der Waals surface area contributed by atoms with E-state index >= 15 is 0 Å². The van der Waals surface area contributed by atoms with E-state index in [9.17, 15) is 14.4 Å². The van der Waals surface area contributed by atoms with Crippen LogP contribution in [-0.4, -0.2) is 49.9 Å². The van der Waals surface area contributed by atoms with Crippen molar-refractivity contribution in [3.8, 4) is 0 Å². The van der Waals surface area contributed by atoms with Crippen molar-refractivity contribution in [2.24, 2.45) is 5.92 Å². The van der Waals surface area contributed by atoms with Gasteiger partial charge in [0.15, 0.2) is 12.3 Å². The molecule has 1 atom stereocenters. The third kappa shape index (κ3) is 6.26. The van der Waals surface area contributed by atoms with Crippen LogP contribution < -0.4 is 10.2 Å². The lowest BCUT2D eigenvalue weighted by molar-refractivity contribution is -0.897. The fourth-order valence-corrected chi connectivity index (χ4v) is 3.32. The second-order valence-corrected chi connectivity index (χ2v) is 6.87. The van der Waals surface area contributed by atoms with Gasteiger partial charge in [0.2, 0.25) is 0 Å². The lowest BCUT2D eigenvalue weighted by atomic mass is 9.97. The Hall–Kier alpha value is -2.21. The third-order valence-corrected chi connectivity index (χ3v) is 4.83. The molecular formula is C20H29N2O4+.